The Balaban J connectivity index is 0.908. The van der Waals surface area contributed by atoms with Crippen molar-refractivity contribution in [3.05, 3.63) is 119 Å². The number of amides is 5. The van der Waals surface area contributed by atoms with E-state index in [0.717, 1.165) is 70.6 Å². The average Bonchev–Trinajstić information content (AvgIpc) is 3.45. The highest BCUT2D eigenvalue weighted by Gasteiger charge is 2.45. The van der Waals surface area contributed by atoms with Gasteiger partial charge in [0.25, 0.3) is 11.8 Å². The van der Waals surface area contributed by atoms with Gasteiger partial charge in [0.05, 0.1) is 17.7 Å². The minimum absolute atomic E-state index is 0.0353. The predicted octanol–water partition coefficient (Wildman–Crippen LogP) is 7.11. The van der Waals surface area contributed by atoms with Gasteiger partial charge in [-0.1, -0.05) is 62.2 Å². The van der Waals surface area contributed by atoms with Crippen molar-refractivity contribution in [3.63, 3.8) is 0 Å². The molecule has 4 aromatic rings. The van der Waals surface area contributed by atoms with E-state index in [0.29, 0.717) is 35.8 Å². The van der Waals surface area contributed by atoms with Gasteiger partial charge < -0.3 is 20.3 Å². The minimum Gasteiger partial charge on any atom is -0.508 e. The lowest BCUT2D eigenvalue weighted by atomic mass is 9.88. The summed E-state index contributed by atoms with van der Waals surface area (Å²) in [4.78, 5) is 64.5. The number of aromatic hydroxyl groups is 2. The van der Waals surface area contributed by atoms with Gasteiger partial charge in [0, 0.05) is 17.7 Å². The van der Waals surface area contributed by atoms with Gasteiger partial charge in [0.1, 0.15) is 29.9 Å². The molecule has 290 valence electrons. The number of nitrogens with one attached hydrogen (secondary N) is 2. The van der Waals surface area contributed by atoms with Crippen molar-refractivity contribution in [1.82, 2.24) is 15.5 Å². The zero-order chi connectivity index (χ0) is 39.6. The third kappa shape index (κ3) is 9.49. The van der Waals surface area contributed by atoms with Gasteiger partial charge >= 0.3 is 0 Å². The molecule has 12 heteroatoms. The number of carbonyl (C=O) groups excluding carboxylic acids is 5. The van der Waals surface area contributed by atoms with Gasteiger partial charge in [-0.2, -0.15) is 0 Å². The number of piperidine rings is 1. The Morgan fingerprint density at radius 3 is 2.12 bits per heavy atom. The van der Waals surface area contributed by atoms with Crippen molar-refractivity contribution in [3.8, 4) is 17.2 Å². The molecule has 0 bridgehead atoms. The molecule has 1 unspecified atom stereocenters. The second-order valence-corrected chi connectivity index (χ2v) is 14.8. The first kappa shape index (κ1) is 39.8. The summed E-state index contributed by atoms with van der Waals surface area (Å²) in [6.45, 7) is 2.78. The lowest BCUT2D eigenvalue weighted by molar-refractivity contribution is -0.136. The Morgan fingerprint density at radius 1 is 0.821 bits per heavy atom. The number of ether oxygens (including phenoxy) is 1. The number of unbranched alkanes of at least 4 members (excludes halogenated alkanes) is 3. The van der Waals surface area contributed by atoms with E-state index in [2.05, 4.69) is 17.6 Å². The zero-order valence-electron chi connectivity index (χ0n) is 31.2. The lowest BCUT2D eigenvalue weighted by Crippen LogP contribution is -2.54. The number of phenolic OH excluding ortho intramolecular Hbond substituents is 2. The van der Waals surface area contributed by atoms with Crippen LogP contribution < -0.4 is 15.4 Å². The zero-order valence-corrected chi connectivity index (χ0v) is 32.0. The van der Waals surface area contributed by atoms with E-state index in [-0.39, 0.29) is 35.8 Å². The summed E-state index contributed by atoms with van der Waals surface area (Å²) < 4.78 is 5.92. The Kier molecular flexibility index (Phi) is 13.2. The Labute approximate surface area is 330 Å². The molecule has 56 heavy (non-hydrogen) atoms. The van der Waals surface area contributed by atoms with E-state index < -0.39 is 29.7 Å². The summed E-state index contributed by atoms with van der Waals surface area (Å²) in [5, 5.41) is 24.9. The molecule has 11 nitrogen and oxygen atoms in total. The van der Waals surface area contributed by atoms with E-state index >= 15 is 0 Å². The lowest BCUT2D eigenvalue weighted by Gasteiger charge is -2.27. The number of nitrogens with zero attached hydrogens (tertiary/aromatic N) is 1. The van der Waals surface area contributed by atoms with Crippen LogP contribution in [0.1, 0.15) is 95.7 Å². The highest BCUT2D eigenvalue weighted by molar-refractivity contribution is 7.99. The number of allylic oxidation sites excluding steroid dienone is 1. The van der Waals surface area contributed by atoms with Crippen LogP contribution in [0, 0.1) is 0 Å². The summed E-state index contributed by atoms with van der Waals surface area (Å²) in [6, 6.07) is 26.2. The van der Waals surface area contributed by atoms with E-state index in [1.54, 1.807) is 36.4 Å². The molecule has 0 aliphatic carbocycles. The number of imide groups is 2. The first-order valence-electron chi connectivity index (χ1n) is 18.9. The Bertz CT molecular complexity index is 2110. The van der Waals surface area contributed by atoms with Crippen molar-refractivity contribution in [1.29, 1.82) is 0 Å². The summed E-state index contributed by atoms with van der Waals surface area (Å²) in [7, 11) is 0. The normalized spacial score (nSPS) is 15.7. The van der Waals surface area contributed by atoms with E-state index in [1.807, 2.05) is 54.6 Å². The van der Waals surface area contributed by atoms with Crippen LogP contribution in [-0.2, 0) is 14.4 Å². The third-order valence-corrected chi connectivity index (χ3v) is 11.0. The van der Waals surface area contributed by atoms with Crippen molar-refractivity contribution in [2.45, 2.75) is 69.2 Å². The fraction of sp³-hybridized carbons (Fsp3) is 0.295. The molecular formula is C44H45N3O8S. The van der Waals surface area contributed by atoms with E-state index in [4.69, 9.17) is 4.74 Å². The van der Waals surface area contributed by atoms with Crippen LogP contribution in [0.5, 0.6) is 17.2 Å². The Hall–Kier alpha value is -5.88. The van der Waals surface area contributed by atoms with Crippen LogP contribution in [-0.4, -0.2) is 69.6 Å². The first-order chi connectivity index (χ1) is 27.1. The molecule has 4 aromatic carbocycles. The summed E-state index contributed by atoms with van der Waals surface area (Å²) >= 11 is 1.49. The summed E-state index contributed by atoms with van der Waals surface area (Å²) in [6.07, 6.45) is 4.74. The molecule has 0 spiro atoms. The molecule has 6 rings (SSSR count). The second kappa shape index (κ2) is 18.6. The fourth-order valence-corrected chi connectivity index (χ4v) is 8.11. The van der Waals surface area contributed by atoms with Gasteiger partial charge in [-0.25, -0.2) is 0 Å². The summed E-state index contributed by atoms with van der Waals surface area (Å²) in [5.41, 5.74) is 5.64. The second-order valence-electron chi connectivity index (χ2n) is 13.7. The van der Waals surface area contributed by atoms with Crippen LogP contribution in [0.3, 0.4) is 0 Å². The van der Waals surface area contributed by atoms with Crippen molar-refractivity contribution in [2.24, 2.45) is 0 Å². The van der Waals surface area contributed by atoms with Gasteiger partial charge in [0.15, 0.2) is 0 Å². The number of thioether (sulfide) groups is 1. The monoisotopic (exact) mass is 775 g/mol. The molecule has 1 atom stereocenters. The standard InChI is InChI=1S/C44H45N3O8S/c1-2-34(28-11-17-31(48)18-12-28)40(29-13-19-32(49)20-14-29)30-15-21-33(22-16-30)55-26-25-45-38(50)10-5-3-4-6-27-56-37-9-7-8-35-41(37)44(54)47(43(35)53)36-23-24-39(51)46-42(36)52/h7-9,11-22,36,48-49H,2-6,10,23-27H2,1H3,(H,45,50)(H,46,51,52). The topological polar surface area (TPSA) is 162 Å². The molecule has 4 N–H and O–H groups in total. The maximum atomic E-state index is 13.3. The Morgan fingerprint density at radius 2 is 1.46 bits per heavy atom. The number of benzene rings is 4. The van der Waals surface area contributed by atoms with Gasteiger partial charge in [-0.05, 0) is 108 Å². The number of carbonyl (C=O) groups is 5. The third-order valence-electron chi connectivity index (χ3n) is 9.85. The SMILES string of the molecule is CCC(=C(c1ccc(O)cc1)c1ccc(OCCNC(=O)CCCCCCSc2cccc3c2C(=O)N(C2CCC(=O)NC2=O)C3=O)cc1)c1ccc(O)cc1. The number of hydrogen-bond acceptors (Lipinski definition) is 9. The van der Waals surface area contributed by atoms with Crippen LogP contribution in [0.25, 0.3) is 11.1 Å². The molecule has 5 amide bonds. The number of fused-ring (bicyclic) bond motifs is 1. The largest absolute Gasteiger partial charge is 0.508 e. The van der Waals surface area contributed by atoms with Crippen LogP contribution in [0.4, 0.5) is 0 Å². The average molecular weight is 776 g/mol. The van der Waals surface area contributed by atoms with Gasteiger partial charge in [-0.3, -0.25) is 34.2 Å². The first-order valence-corrected chi connectivity index (χ1v) is 19.9. The molecule has 2 aliphatic rings. The minimum atomic E-state index is -0.991. The number of phenols is 2. The van der Waals surface area contributed by atoms with Crippen molar-refractivity contribution < 1.29 is 38.9 Å². The molecule has 0 saturated carbocycles. The van der Waals surface area contributed by atoms with E-state index in [1.165, 1.54) is 11.8 Å². The van der Waals surface area contributed by atoms with Crippen LogP contribution in [0.2, 0.25) is 0 Å². The molecule has 1 saturated heterocycles. The molecule has 1 fully saturated rings. The highest BCUT2D eigenvalue weighted by Crippen LogP contribution is 2.37. The maximum absolute atomic E-state index is 13.3. The van der Waals surface area contributed by atoms with Crippen LogP contribution >= 0.6 is 11.8 Å². The van der Waals surface area contributed by atoms with Crippen molar-refractivity contribution >= 4 is 52.4 Å². The van der Waals surface area contributed by atoms with Gasteiger partial charge in [-0.15, -0.1) is 11.8 Å². The molecule has 0 radical (unpaired) electrons. The molecule has 2 aliphatic heterocycles. The van der Waals surface area contributed by atoms with Crippen molar-refractivity contribution in [2.75, 3.05) is 18.9 Å². The summed E-state index contributed by atoms with van der Waals surface area (Å²) in [5.74, 6) is -0.281. The molecular weight excluding hydrogens is 731 g/mol. The van der Waals surface area contributed by atoms with E-state index in [9.17, 15) is 34.2 Å². The fourth-order valence-electron chi connectivity index (χ4n) is 7.02. The highest BCUT2D eigenvalue weighted by atomic mass is 32.2. The predicted molar refractivity (Wildman–Crippen MR) is 214 cm³/mol. The molecule has 2 heterocycles. The number of rotatable bonds is 17. The maximum Gasteiger partial charge on any atom is 0.263 e. The van der Waals surface area contributed by atoms with Gasteiger partial charge in [0.2, 0.25) is 17.7 Å². The quantitative estimate of drug-likeness (QED) is 0.0379. The number of hydrogen-bond donors (Lipinski definition) is 4. The molecule has 0 aromatic heterocycles. The smallest absolute Gasteiger partial charge is 0.263 e. The van der Waals surface area contributed by atoms with Crippen LogP contribution in [0.15, 0.2) is 95.9 Å².